The van der Waals surface area contributed by atoms with E-state index in [4.69, 9.17) is 9.72 Å². The fourth-order valence-electron chi connectivity index (χ4n) is 4.51. The normalized spacial score (nSPS) is 17.2. The van der Waals surface area contributed by atoms with E-state index in [1.807, 2.05) is 34.3 Å². The van der Waals surface area contributed by atoms with E-state index in [2.05, 4.69) is 41.2 Å². The molecule has 1 fully saturated rings. The van der Waals surface area contributed by atoms with Gasteiger partial charge in [0.25, 0.3) is 0 Å². The highest BCUT2D eigenvalue weighted by molar-refractivity contribution is 9.10. The van der Waals surface area contributed by atoms with Gasteiger partial charge in [-0.1, -0.05) is 6.07 Å². The Labute approximate surface area is 208 Å². The predicted molar refractivity (Wildman–Crippen MR) is 133 cm³/mol. The molecule has 4 aromatic heterocycles. The zero-order chi connectivity index (χ0) is 23.9. The van der Waals surface area contributed by atoms with Crippen LogP contribution in [0.15, 0.2) is 53.7 Å². The van der Waals surface area contributed by atoms with Crippen molar-refractivity contribution in [1.82, 2.24) is 34.1 Å². The molecule has 0 spiro atoms. The van der Waals surface area contributed by atoms with Crippen LogP contribution < -0.4 is 5.32 Å². The van der Waals surface area contributed by atoms with Gasteiger partial charge in [-0.3, -0.25) is 9.13 Å². The third kappa shape index (κ3) is 3.84. The van der Waals surface area contributed by atoms with Crippen LogP contribution in [-0.4, -0.2) is 40.7 Å². The Kier molecular flexibility index (Phi) is 5.65. The van der Waals surface area contributed by atoms with Crippen LogP contribution in [0.3, 0.4) is 0 Å². The van der Waals surface area contributed by atoms with Gasteiger partial charge in [-0.2, -0.15) is 0 Å². The second-order valence-corrected chi connectivity index (χ2v) is 9.25. The lowest BCUT2D eigenvalue weighted by molar-refractivity contribution is -0.0298. The number of hydrogen-bond acceptors (Lipinski definition) is 7. The van der Waals surface area contributed by atoms with Crippen LogP contribution in [0, 0.1) is 5.82 Å². The first-order valence-electron chi connectivity index (χ1n) is 11.4. The number of fused-ring (bicyclic) bond motifs is 2. The van der Waals surface area contributed by atoms with E-state index in [-0.39, 0.29) is 18.1 Å². The van der Waals surface area contributed by atoms with Gasteiger partial charge in [0.2, 0.25) is 0 Å². The minimum atomic E-state index is -0.366. The maximum atomic E-state index is 14.5. The Morgan fingerprint density at radius 1 is 1.14 bits per heavy atom. The molecule has 6 rings (SSSR count). The lowest BCUT2D eigenvalue weighted by atomic mass is 10.2. The summed E-state index contributed by atoms with van der Waals surface area (Å²) in [5.41, 5.74) is 2.63. The van der Waals surface area contributed by atoms with Crippen molar-refractivity contribution in [1.29, 1.82) is 0 Å². The Balaban J connectivity index is 1.42. The number of nitrogens with one attached hydrogen (secondary N) is 1. The first-order chi connectivity index (χ1) is 17.1. The number of aromatic nitrogens is 7. The minimum absolute atomic E-state index is 0.0745. The van der Waals surface area contributed by atoms with Gasteiger partial charge in [0.15, 0.2) is 17.0 Å². The van der Waals surface area contributed by atoms with E-state index in [1.54, 1.807) is 18.6 Å². The highest BCUT2D eigenvalue weighted by Gasteiger charge is 2.24. The second-order valence-electron chi connectivity index (χ2n) is 8.46. The molecule has 2 atom stereocenters. The molecule has 1 aromatic carbocycles. The van der Waals surface area contributed by atoms with E-state index in [0.717, 1.165) is 25.9 Å². The number of hydrogen-bond donors (Lipinski definition) is 1. The van der Waals surface area contributed by atoms with E-state index in [1.165, 1.54) is 12.4 Å². The molecule has 0 amide bonds. The summed E-state index contributed by atoms with van der Waals surface area (Å²) in [4.78, 5) is 22.8. The van der Waals surface area contributed by atoms with Crippen LogP contribution in [-0.2, 0) is 4.74 Å². The van der Waals surface area contributed by atoms with Gasteiger partial charge in [0.1, 0.15) is 30.0 Å². The molecule has 35 heavy (non-hydrogen) atoms. The Morgan fingerprint density at radius 2 is 2.06 bits per heavy atom. The lowest BCUT2D eigenvalue weighted by Gasteiger charge is -2.23. The predicted octanol–water partition coefficient (Wildman–Crippen LogP) is 5.33. The number of halogens is 2. The van der Waals surface area contributed by atoms with Crippen LogP contribution >= 0.6 is 15.9 Å². The summed E-state index contributed by atoms with van der Waals surface area (Å²) in [7, 11) is 0. The van der Waals surface area contributed by atoms with Crippen molar-refractivity contribution in [2.24, 2.45) is 0 Å². The Hall–Kier alpha value is -3.44. The maximum absolute atomic E-state index is 14.5. The number of imidazole rings is 2. The van der Waals surface area contributed by atoms with Crippen molar-refractivity contribution in [3.63, 3.8) is 0 Å². The summed E-state index contributed by atoms with van der Waals surface area (Å²) in [5, 5.41) is 3.43. The molecule has 0 bridgehead atoms. The molecular formula is C24H22BrFN8O. The van der Waals surface area contributed by atoms with Gasteiger partial charge in [-0.05, 0) is 66.4 Å². The molecule has 1 aliphatic heterocycles. The molecule has 1 N–H and O–H groups in total. The van der Waals surface area contributed by atoms with E-state index < -0.39 is 0 Å². The van der Waals surface area contributed by atoms with Crippen LogP contribution in [0.5, 0.6) is 0 Å². The molecule has 0 saturated carbocycles. The second kappa shape index (κ2) is 8.97. The number of rotatable bonds is 5. The zero-order valence-electron chi connectivity index (χ0n) is 18.9. The highest BCUT2D eigenvalue weighted by Crippen LogP contribution is 2.33. The summed E-state index contributed by atoms with van der Waals surface area (Å²) >= 11 is 3.40. The summed E-state index contributed by atoms with van der Waals surface area (Å²) in [5.74, 6) is 1.51. The SMILES string of the molecule is CC(Nc1ncnc2c1ncn2C1CCCCO1)c1nc2ccc(F)c(Br)c2n1-c1ccccn1. The van der Waals surface area contributed by atoms with Crippen molar-refractivity contribution in [3.8, 4) is 5.82 Å². The largest absolute Gasteiger partial charge is 0.358 e. The van der Waals surface area contributed by atoms with Crippen molar-refractivity contribution in [2.75, 3.05) is 11.9 Å². The smallest absolute Gasteiger partial charge is 0.167 e. The summed E-state index contributed by atoms with van der Waals surface area (Å²) in [6.07, 6.45) is 8.00. The number of benzene rings is 1. The van der Waals surface area contributed by atoms with Crippen molar-refractivity contribution in [3.05, 3.63) is 65.3 Å². The first kappa shape index (κ1) is 22.1. The molecule has 11 heteroatoms. The van der Waals surface area contributed by atoms with Gasteiger partial charge in [-0.25, -0.2) is 29.3 Å². The van der Waals surface area contributed by atoms with Gasteiger partial charge >= 0.3 is 0 Å². The van der Waals surface area contributed by atoms with Gasteiger partial charge in [0.05, 0.1) is 27.9 Å². The van der Waals surface area contributed by atoms with Crippen molar-refractivity contribution >= 4 is 43.9 Å². The standard InChI is InChI=1S/C24H22BrFN8O/c1-14(31-22-20-24(29-12-28-22)33(13-30-20)18-7-3-5-11-35-18)23-32-16-9-8-15(26)19(25)21(16)34(23)17-6-2-4-10-27-17/h2,4,6,8-10,12-14,18H,3,5,7,11H2,1H3,(H,28,29,31). The highest BCUT2D eigenvalue weighted by atomic mass is 79.9. The number of pyridine rings is 1. The molecule has 1 saturated heterocycles. The first-order valence-corrected chi connectivity index (χ1v) is 12.2. The molecule has 178 valence electrons. The van der Waals surface area contributed by atoms with Crippen LogP contribution in [0.4, 0.5) is 10.2 Å². The molecule has 5 heterocycles. The monoisotopic (exact) mass is 536 g/mol. The fourth-order valence-corrected chi connectivity index (χ4v) is 5.02. The van der Waals surface area contributed by atoms with Crippen LogP contribution in [0.25, 0.3) is 28.0 Å². The molecule has 9 nitrogen and oxygen atoms in total. The minimum Gasteiger partial charge on any atom is -0.358 e. The van der Waals surface area contributed by atoms with Crippen molar-refractivity contribution in [2.45, 2.75) is 38.5 Å². The molecule has 0 aliphatic carbocycles. The van der Waals surface area contributed by atoms with Gasteiger partial charge in [-0.15, -0.1) is 0 Å². The summed E-state index contributed by atoms with van der Waals surface area (Å²) < 4.78 is 24.6. The topological polar surface area (TPSA) is 95.6 Å². The molecular weight excluding hydrogens is 515 g/mol. The average molecular weight is 537 g/mol. The Bertz CT molecular complexity index is 1510. The van der Waals surface area contributed by atoms with E-state index >= 15 is 0 Å². The summed E-state index contributed by atoms with van der Waals surface area (Å²) in [6.45, 7) is 2.71. The number of nitrogens with zero attached hydrogens (tertiary/aromatic N) is 7. The molecule has 5 aromatic rings. The van der Waals surface area contributed by atoms with Gasteiger partial charge < -0.3 is 10.1 Å². The molecule has 1 aliphatic rings. The quantitative estimate of drug-likeness (QED) is 0.324. The zero-order valence-corrected chi connectivity index (χ0v) is 20.5. The van der Waals surface area contributed by atoms with Crippen molar-refractivity contribution < 1.29 is 9.13 Å². The third-order valence-electron chi connectivity index (χ3n) is 6.18. The van der Waals surface area contributed by atoms with E-state index in [0.29, 0.717) is 44.1 Å². The van der Waals surface area contributed by atoms with Crippen LogP contribution in [0.2, 0.25) is 0 Å². The summed E-state index contributed by atoms with van der Waals surface area (Å²) in [6, 6.07) is 8.34. The molecule has 2 unspecified atom stereocenters. The van der Waals surface area contributed by atoms with E-state index in [9.17, 15) is 4.39 Å². The lowest BCUT2D eigenvalue weighted by Crippen LogP contribution is -2.18. The average Bonchev–Trinajstić information content (AvgIpc) is 3.50. The number of ether oxygens (including phenoxy) is 1. The molecule has 0 radical (unpaired) electrons. The van der Waals surface area contributed by atoms with Gasteiger partial charge in [0, 0.05) is 12.8 Å². The number of anilines is 1. The maximum Gasteiger partial charge on any atom is 0.167 e. The fraction of sp³-hybridized carbons (Fsp3) is 0.292. The Morgan fingerprint density at radius 3 is 2.86 bits per heavy atom. The van der Waals surface area contributed by atoms with Crippen LogP contribution in [0.1, 0.15) is 44.3 Å². The third-order valence-corrected chi connectivity index (χ3v) is 6.93.